The van der Waals surface area contributed by atoms with E-state index in [9.17, 15) is 4.79 Å². The van der Waals surface area contributed by atoms with Crippen LogP contribution in [0.2, 0.25) is 0 Å². The Kier molecular flexibility index (Phi) is 7.98. The molecule has 0 aliphatic carbocycles. The van der Waals surface area contributed by atoms with Gasteiger partial charge in [-0.15, -0.1) is 24.8 Å². The number of hydrogen-bond acceptors (Lipinski definition) is 5. The predicted octanol–water partition coefficient (Wildman–Crippen LogP) is 5.08. The number of aromatic nitrogens is 2. The molecule has 31 heavy (non-hydrogen) atoms. The van der Waals surface area contributed by atoms with Gasteiger partial charge in [0.1, 0.15) is 0 Å². The summed E-state index contributed by atoms with van der Waals surface area (Å²) in [5.74, 6) is 1.04. The monoisotopic (exact) mass is 464 g/mol. The zero-order valence-electron chi connectivity index (χ0n) is 17.9. The Labute approximate surface area is 193 Å². The predicted molar refractivity (Wildman–Crippen MR) is 128 cm³/mol. The van der Waals surface area contributed by atoms with Gasteiger partial charge in [0.2, 0.25) is 0 Å². The minimum Gasteiger partial charge on any atom is -0.493 e. The Morgan fingerprint density at radius 1 is 1.03 bits per heavy atom. The van der Waals surface area contributed by atoms with Crippen molar-refractivity contribution in [1.82, 2.24) is 9.55 Å². The summed E-state index contributed by atoms with van der Waals surface area (Å²) >= 11 is 0. The normalized spacial score (nSPS) is 10.6. The van der Waals surface area contributed by atoms with Crippen LogP contribution in [-0.4, -0.2) is 23.8 Å². The molecular formula is C23H26Cl2N2O4. The Morgan fingerprint density at radius 2 is 1.71 bits per heavy atom. The average molecular weight is 465 g/mol. The summed E-state index contributed by atoms with van der Waals surface area (Å²) in [6.45, 7) is 2.14. The van der Waals surface area contributed by atoms with Crippen LogP contribution in [0.25, 0.3) is 21.9 Å². The molecule has 2 heterocycles. The van der Waals surface area contributed by atoms with Crippen LogP contribution in [0.15, 0.2) is 45.7 Å². The fourth-order valence-corrected chi connectivity index (χ4v) is 3.76. The summed E-state index contributed by atoms with van der Waals surface area (Å²) in [6.07, 6.45) is 4.51. The molecule has 6 nitrogen and oxygen atoms in total. The molecule has 0 fully saturated rings. The molecule has 0 saturated heterocycles. The molecule has 2 aromatic heterocycles. The van der Waals surface area contributed by atoms with E-state index < -0.39 is 0 Å². The van der Waals surface area contributed by atoms with Gasteiger partial charge in [-0.1, -0.05) is 19.4 Å². The van der Waals surface area contributed by atoms with E-state index in [1.165, 1.54) is 4.57 Å². The Morgan fingerprint density at radius 3 is 2.35 bits per heavy atom. The van der Waals surface area contributed by atoms with Gasteiger partial charge in [0.25, 0.3) is 0 Å². The molecule has 0 saturated carbocycles. The summed E-state index contributed by atoms with van der Waals surface area (Å²) in [5, 5.41) is 2.17. The lowest BCUT2D eigenvalue weighted by Crippen LogP contribution is -2.08. The maximum Gasteiger partial charge on any atom is 0.419 e. The first-order valence-corrected chi connectivity index (χ1v) is 9.66. The van der Waals surface area contributed by atoms with Crippen LogP contribution in [0.4, 0.5) is 0 Å². The Balaban J connectivity index is 0.00000171. The van der Waals surface area contributed by atoms with E-state index in [4.69, 9.17) is 18.9 Å². The summed E-state index contributed by atoms with van der Waals surface area (Å²) in [4.78, 5) is 16.5. The van der Waals surface area contributed by atoms with Crippen molar-refractivity contribution in [3.05, 3.63) is 63.9 Å². The first-order chi connectivity index (χ1) is 14.0. The van der Waals surface area contributed by atoms with Crippen molar-refractivity contribution < 1.29 is 13.9 Å². The van der Waals surface area contributed by atoms with E-state index in [-0.39, 0.29) is 30.6 Å². The molecule has 0 amide bonds. The second-order valence-corrected chi connectivity index (χ2v) is 7.14. The highest BCUT2D eigenvalue weighted by atomic mass is 35.5. The van der Waals surface area contributed by atoms with Gasteiger partial charge in [0.15, 0.2) is 17.1 Å². The van der Waals surface area contributed by atoms with E-state index in [2.05, 4.69) is 6.92 Å². The minimum absolute atomic E-state index is 0. The Hall–Kier alpha value is -2.70. The number of fused-ring (bicyclic) bond motifs is 2. The molecule has 8 heteroatoms. The van der Waals surface area contributed by atoms with Gasteiger partial charge >= 0.3 is 5.76 Å². The van der Waals surface area contributed by atoms with E-state index in [0.717, 1.165) is 46.0 Å². The largest absolute Gasteiger partial charge is 0.493 e. The van der Waals surface area contributed by atoms with Crippen LogP contribution in [0.3, 0.4) is 0 Å². The van der Waals surface area contributed by atoms with Gasteiger partial charge in [-0.2, -0.15) is 0 Å². The number of rotatable bonds is 6. The first kappa shape index (κ1) is 24.6. The lowest BCUT2D eigenvalue weighted by molar-refractivity contribution is 0.356. The summed E-state index contributed by atoms with van der Waals surface area (Å²) in [6, 6.07) is 9.88. The molecule has 0 aliphatic rings. The van der Waals surface area contributed by atoms with Crippen LogP contribution in [0.5, 0.6) is 11.5 Å². The minimum atomic E-state index is -0.356. The first-order valence-electron chi connectivity index (χ1n) is 9.66. The molecule has 0 N–H and O–H groups in total. The lowest BCUT2D eigenvalue weighted by atomic mass is 9.97. The van der Waals surface area contributed by atoms with Crippen LogP contribution < -0.4 is 15.2 Å². The number of pyridine rings is 1. The number of oxazole rings is 1. The summed E-state index contributed by atoms with van der Waals surface area (Å²) < 4.78 is 17.9. The number of aryl methyl sites for hydroxylation is 2. The van der Waals surface area contributed by atoms with Gasteiger partial charge in [-0.05, 0) is 53.6 Å². The van der Waals surface area contributed by atoms with E-state index in [1.54, 1.807) is 21.3 Å². The van der Waals surface area contributed by atoms with E-state index in [0.29, 0.717) is 23.5 Å². The summed E-state index contributed by atoms with van der Waals surface area (Å²) in [5.41, 5.74) is 4.56. The zero-order chi connectivity index (χ0) is 20.5. The third kappa shape index (κ3) is 4.50. The average Bonchev–Trinajstić information content (AvgIpc) is 3.02. The number of nitrogens with zero attached hydrogens (tertiary/aromatic N) is 2. The van der Waals surface area contributed by atoms with Crippen LogP contribution in [0, 0.1) is 0 Å². The van der Waals surface area contributed by atoms with Crippen molar-refractivity contribution in [3.8, 4) is 11.5 Å². The van der Waals surface area contributed by atoms with Gasteiger partial charge < -0.3 is 13.9 Å². The van der Waals surface area contributed by atoms with E-state index >= 15 is 0 Å². The molecular weight excluding hydrogens is 439 g/mol. The maximum atomic E-state index is 11.8. The number of hydrogen-bond donors (Lipinski definition) is 0. The van der Waals surface area contributed by atoms with Crippen LogP contribution in [-0.2, 0) is 19.9 Å². The van der Waals surface area contributed by atoms with Gasteiger partial charge in [-0.25, -0.2) is 4.79 Å². The molecule has 4 rings (SSSR count). The van der Waals surface area contributed by atoms with Crippen molar-refractivity contribution >= 4 is 46.7 Å². The topological polar surface area (TPSA) is 66.5 Å². The molecule has 2 aromatic carbocycles. The molecule has 0 radical (unpaired) electrons. The Bertz CT molecular complexity index is 1260. The highest BCUT2D eigenvalue weighted by molar-refractivity contribution is 5.91. The fourth-order valence-electron chi connectivity index (χ4n) is 3.76. The molecule has 0 spiro atoms. The molecule has 0 unspecified atom stereocenters. The number of benzene rings is 2. The second kappa shape index (κ2) is 10.1. The van der Waals surface area contributed by atoms with Gasteiger partial charge in [-0.3, -0.25) is 9.55 Å². The van der Waals surface area contributed by atoms with E-state index in [1.807, 2.05) is 36.5 Å². The standard InChI is InChI=1S/C23H24N2O4.2ClH/c1-5-6-18-17-12-22(28-4)21(27-3)11-16(17)15(13-24-18)9-14-7-8-19-20(10-14)29-23(26)25(19)2;;/h7-8,10-13H,5-6,9H2,1-4H3;2*1H. The molecule has 0 atom stereocenters. The lowest BCUT2D eigenvalue weighted by Gasteiger charge is -2.14. The number of methoxy groups -OCH3 is 2. The summed E-state index contributed by atoms with van der Waals surface area (Å²) in [7, 11) is 4.99. The third-order valence-corrected chi connectivity index (χ3v) is 5.29. The highest BCUT2D eigenvalue weighted by Crippen LogP contribution is 2.35. The quantitative estimate of drug-likeness (QED) is 0.397. The SMILES string of the molecule is CCCc1ncc(Cc2ccc3c(c2)oc(=O)n3C)c2cc(OC)c(OC)cc12.Cl.Cl. The molecule has 166 valence electrons. The van der Waals surface area contributed by atoms with Gasteiger partial charge in [0, 0.05) is 24.3 Å². The molecule has 0 aliphatic heterocycles. The second-order valence-electron chi connectivity index (χ2n) is 7.14. The highest BCUT2D eigenvalue weighted by Gasteiger charge is 2.14. The zero-order valence-corrected chi connectivity index (χ0v) is 19.6. The van der Waals surface area contributed by atoms with Crippen molar-refractivity contribution in [1.29, 1.82) is 0 Å². The molecule has 0 bridgehead atoms. The molecule has 4 aromatic rings. The van der Waals surface area contributed by atoms with Crippen molar-refractivity contribution in [3.63, 3.8) is 0 Å². The maximum absolute atomic E-state index is 11.8. The smallest absolute Gasteiger partial charge is 0.419 e. The van der Waals surface area contributed by atoms with Crippen molar-refractivity contribution in [2.75, 3.05) is 14.2 Å². The number of ether oxygens (including phenoxy) is 2. The fraction of sp³-hybridized carbons (Fsp3) is 0.304. The van der Waals surface area contributed by atoms with Gasteiger partial charge in [0.05, 0.1) is 19.7 Å². The van der Waals surface area contributed by atoms with Crippen LogP contribution in [0.1, 0.15) is 30.2 Å². The van der Waals surface area contributed by atoms with Crippen LogP contribution >= 0.6 is 24.8 Å². The van der Waals surface area contributed by atoms with Crippen molar-refractivity contribution in [2.45, 2.75) is 26.2 Å². The number of halogens is 2. The third-order valence-electron chi connectivity index (χ3n) is 5.29. The van der Waals surface area contributed by atoms with Crippen molar-refractivity contribution in [2.24, 2.45) is 7.05 Å².